The van der Waals surface area contributed by atoms with E-state index in [2.05, 4.69) is 25.8 Å². The van der Waals surface area contributed by atoms with E-state index in [9.17, 15) is 21.6 Å². The van der Waals surface area contributed by atoms with Crippen molar-refractivity contribution >= 4 is 72.5 Å². The molecule has 0 aromatic heterocycles. The van der Waals surface area contributed by atoms with Crippen LogP contribution in [-0.4, -0.2) is 99.9 Å². The number of rotatable bonds is 8. The third-order valence-corrected chi connectivity index (χ3v) is 13.1. The summed E-state index contributed by atoms with van der Waals surface area (Å²) in [5, 5.41) is 9.73. The number of halogens is 2. The van der Waals surface area contributed by atoms with Crippen LogP contribution in [0.2, 0.25) is 5.02 Å². The van der Waals surface area contributed by atoms with Gasteiger partial charge in [-0.05, 0) is 100.0 Å². The molecule has 0 unspecified atom stereocenters. The maximum atomic E-state index is 13.1. The van der Waals surface area contributed by atoms with Crippen LogP contribution in [0.3, 0.4) is 0 Å². The number of carbonyl (C=O) groups is 1. The van der Waals surface area contributed by atoms with Crippen molar-refractivity contribution in [3.63, 3.8) is 0 Å². The molecule has 0 spiro atoms. The number of hydrogen-bond acceptors (Lipinski definition) is 11. The largest absolute Gasteiger partial charge is 0.444 e. The van der Waals surface area contributed by atoms with Gasteiger partial charge in [-0.1, -0.05) is 29.8 Å². The summed E-state index contributed by atoms with van der Waals surface area (Å²) < 4.78 is 57.7. The molecule has 16 heteroatoms. The molecule has 2 fully saturated rings. The molecular weight excluding hydrogens is 796 g/mol. The van der Waals surface area contributed by atoms with Gasteiger partial charge >= 0.3 is 6.09 Å². The average Bonchev–Trinajstić information content (AvgIpc) is 3.17. The Kier molecular flexibility index (Phi) is 15.0. The lowest BCUT2D eigenvalue weighted by Gasteiger charge is -2.37. The smallest absolute Gasteiger partial charge is 0.410 e. The quantitative estimate of drug-likeness (QED) is 0.169. The molecular formula is C40H52Cl2N6O6S2. The van der Waals surface area contributed by atoms with Gasteiger partial charge in [-0.2, -0.15) is 0 Å². The van der Waals surface area contributed by atoms with Crippen LogP contribution in [0.4, 0.5) is 27.5 Å². The van der Waals surface area contributed by atoms with Crippen LogP contribution in [-0.2, 0) is 24.4 Å². The lowest BCUT2D eigenvalue weighted by molar-refractivity contribution is 0.0240. The topological polar surface area (TPSA) is 140 Å². The molecule has 4 aromatic carbocycles. The monoisotopic (exact) mass is 846 g/mol. The first-order valence-electron chi connectivity index (χ1n) is 18.2. The number of sulfone groups is 2. The molecule has 6 rings (SSSR count). The predicted octanol–water partition coefficient (Wildman–Crippen LogP) is 6.97. The van der Waals surface area contributed by atoms with Crippen molar-refractivity contribution in [2.24, 2.45) is 0 Å². The van der Waals surface area contributed by atoms with Gasteiger partial charge in [0.15, 0.2) is 0 Å². The summed E-state index contributed by atoms with van der Waals surface area (Å²) >= 11 is 5.98. The molecule has 0 radical (unpaired) electrons. The molecule has 0 atom stereocenters. The number of nitrogens with one attached hydrogen (secondary N) is 3. The molecule has 2 aliphatic rings. The number of amides is 1. The van der Waals surface area contributed by atoms with E-state index in [0.717, 1.165) is 43.1 Å². The third kappa shape index (κ3) is 10.8. The lowest BCUT2D eigenvalue weighted by Crippen LogP contribution is -2.50. The second-order valence-corrected chi connectivity index (χ2v) is 18.6. The zero-order valence-corrected chi connectivity index (χ0v) is 35.8. The fourth-order valence-corrected chi connectivity index (χ4v) is 9.65. The van der Waals surface area contributed by atoms with E-state index in [4.69, 9.17) is 16.3 Å². The van der Waals surface area contributed by atoms with Crippen molar-refractivity contribution in [2.75, 3.05) is 86.9 Å². The molecule has 2 aliphatic heterocycles. The van der Waals surface area contributed by atoms with Crippen LogP contribution in [0.5, 0.6) is 0 Å². The summed E-state index contributed by atoms with van der Waals surface area (Å²) in [6, 6.07) is 24.0. The van der Waals surface area contributed by atoms with E-state index >= 15 is 0 Å². The molecule has 0 bridgehead atoms. The first kappa shape index (κ1) is 44.5. The number of benzene rings is 4. The Morgan fingerprint density at radius 3 is 1.64 bits per heavy atom. The highest BCUT2D eigenvalue weighted by atomic mass is 35.5. The van der Waals surface area contributed by atoms with Crippen LogP contribution < -0.4 is 25.8 Å². The Morgan fingerprint density at radius 2 is 1.18 bits per heavy atom. The van der Waals surface area contributed by atoms with Gasteiger partial charge in [-0.3, -0.25) is 0 Å². The van der Waals surface area contributed by atoms with Crippen molar-refractivity contribution in [1.82, 2.24) is 10.2 Å². The number of carbonyl (C=O) groups excluding carboxylic acids is 1. The third-order valence-electron chi connectivity index (χ3n) is 9.23. The Balaban J connectivity index is 0.000000252. The summed E-state index contributed by atoms with van der Waals surface area (Å²) in [6.07, 6.45) is -0.314. The standard InChI is InChI=1S/C22H28ClN3O4S.C18H23N3O2S.ClH/c1-22(2,3)30-21(27)26-12-10-25(11-13-26)17-8-9-20(19(15-17)24-4)31(28,29)18-7-5-6-16(23)14-18;1-14-4-3-5-16(12-14)24(22,23)18-7-6-15(13-17(18)19-2)21-10-8-20-9-11-21;/h5-9,14-15,24H,10-13H2,1-4H3;3-7,12-13,19-20H,8-11H2,1-2H3;1H. The number of nitrogens with zero attached hydrogens (tertiary/aromatic N) is 3. The zero-order valence-electron chi connectivity index (χ0n) is 32.6. The molecule has 2 heterocycles. The van der Waals surface area contributed by atoms with Gasteiger partial charge in [0.25, 0.3) is 0 Å². The van der Waals surface area contributed by atoms with Crippen molar-refractivity contribution in [3.8, 4) is 0 Å². The molecule has 2 saturated heterocycles. The maximum absolute atomic E-state index is 13.1. The fourth-order valence-electron chi connectivity index (χ4n) is 6.36. The van der Waals surface area contributed by atoms with Gasteiger partial charge in [0.1, 0.15) is 5.60 Å². The first-order valence-corrected chi connectivity index (χ1v) is 21.5. The molecule has 1 amide bonds. The SMILES string of the molecule is CNc1cc(N2CCN(C(=O)OC(C)(C)C)CC2)ccc1S(=O)(=O)c1cccc(Cl)c1.CNc1cc(N2CCNCC2)ccc1S(=O)(=O)c1cccc(C)c1.Cl. The van der Waals surface area contributed by atoms with E-state index in [1.807, 2.05) is 52.0 Å². The Hall–Kier alpha value is -4.21. The molecule has 56 heavy (non-hydrogen) atoms. The number of hydrogen-bond donors (Lipinski definition) is 3. The minimum atomic E-state index is -3.72. The zero-order chi connectivity index (χ0) is 40.0. The summed E-state index contributed by atoms with van der Waals surface area (Å²) in [7, 11) is -3.82. The number of ether oxygens (including phenoxy) is 1. The molecule has 0 saturated carbocycles. The number of aryl methyl sites for hydroxylation is 1. The highest BCUT2D eigenvalue weighted by molar-refractivity contribution is 7.92. The van der Waals surface area contributed by atoms with Gasteiger partial charge in [0.2, 0.25) is 19.7 Å². The molecule has 3 N–H and O–H groups in total. The van der Waals surface area contributed by atoms with E-state index in [-0.39, 0.29) is 28.3 Å². The van der Waals surface area contributed by atoms with Gasteiger partial charge < -0.3 is 35.4 Å². The fraction of sp³-hybridized carbons (Fsp3) is 0.375. The van der Waals surface area contributed by atoms with Crippen LogP contribution in [0.15, 0.2) is 105 Å². The minimum Gasteiger partial charge on any atom is -0.444 e. The highest BCUT2D eigenvalue weighted by Gasteiger charge is 2.28. The molecule has 12 nitrogen and oxygen atoms in total. The maximum Gasteiger partial charge on any atom is 0.410 e. The van der Waals surface area contributed by atoms with Crippen molar-refractivity contribution in [1.29, 1.82) is 0 Å². The second-order valence-electron chi connectivity index (χ2n) is 14.3. The minimum absolute atomic E-state index is 0. The van der Waals surface area contributed by atoms with E-state index in [1.165, 1.54) is 12.1 Å². The van der Waals surface area contributed by atoms with Gasteiger partial charge in [-0.25, -0.2) is 21.6 Å². The highest BCUT2D eigenvalue weighted by Crippen LogP contribution is 2.34. The average molecular weight is 848 g/mol. The second kappa shape index (κ2) is 18.8. The normalized spacial score (nSPS) is 14.9. The number of anilines is 4. The van der Waals surface area contributed by atoms with Crippen LogP contribution in [0, 0.1) is 6.92 Å². The van der Waals surface area contributed by atoms with Crippen molar-refractivity contribution < 1.29 is 26.4 Å². The van der Waals surface area contributed by atoms with Crippen LogP contribution in [0.25, 0.3) is 0 Å². The summed E-state index contributed by atoms with van der Waals surface area (Å²) in [4.78, 5) is 19.3. The first-order chi connectivity index (χ1) is 26.0. The van der Waals surface area contributed by atoms with E-state index < -0.39 is 25.3 Å². The predicted molar refractivity (Wildman–Crippen MR) is 228 cm³/mol. The van der Waals surface area contributed by atoms with E-state index in [0.29, 0.717) is 52.4 Å². The van der Waals surface area contributed by atoms with Gasteiger partial charge in [0, 0.05) is 82.9 Å². The van der Waals surface area contributed by atoms with Gasteiger partial charge in [-0.15, -0.1) is 12.4 Å². The number of piperazine rings is 2. The van der Waals surface area contributed by atoms with Crippen molar-refractivity contribution in [3.05, 3.63) is 95.5 Å². The Morgan fingerprint density at radius 1 is 0.696 bits per heavy atom. The summed E-state index contributed by atoms with van der Waals surface area (Å²) in [5.74, 6) is 0. The molecule has 304 valence electrons. The van der Waals surface area contributed by atoms with Crippen LogP contribution in [0.1, 0.15) is 26.3 Å². The Labute approximate surface area is 342 Å². The molecule has 0 aliphatic carbocycles. The van der Waals surface area contributed by atoms with Gasteiger partial charge in [0.05, 0.1) is 31.0 Å². The molecule has 4 aromatic rings. The van der Waals surface area contributed by atoms with Crippen molar-refractivity contribution in [2.45, 2.75) is 52.9 Å². The lowest BCUT2D eigenvalue weighted by atomic mass is 10.2. The Bertz CT molecular complexity index is 2200. The van der Waals surface area contributed by atoms with Crippen LogP contribution >= 0.6 is 24.0 Å². The summed E-state index contributed by atoms with van der Waals surface area (Å²) in [5.41, 5.74) is 3.47. The van der Waals surface area contributed by atoms with E-state index in [1.54, 1.807) is 67.5 Å². The summed E-state index contributed by atoms with van der Waals surface area (Å²) in [6.45, 7) is 13.5.